The largest absolute Gasteiger partial charge is 0.473 e. The van der Waals surface area contributed by atoms with Crippen LogP contribution in [-0.4, -0.2) is 11.5 Å². The Morgan fingerprint density at radius 1 is 1.10 bits per heavy atom. The standard InChI is InChI=1S/C17H20N2O/c1-2-6-14(7-3-1)13-20-17-10-9-15(12-19-17)16-8-4-5-11-18-16/h1-3,6-7,9-10,12,16,18H,4-5,8,11,13H2/t16-/m1/s1. The third kappa shape index (κ3) is 3.36. The van der Waals surface area contributed by atoms with Crippen molar-refractivity contribution in [2.45, 2.75) is 31.9 Å². The van der Waals surface area contributed by atoms with E-state index in [0.717, 1.165) is 12.1 Å². The fourth-order valence-electron chi connectivity index (χ4n) is 2.55. The lowest BCUT2D eigenvalue weighted by molar-refractivity contribution is 0.293. The summed E-state index contributed by atoms with van der Waals surface area (Å²) >= 11 is 0. The minimum absolute atomic E-state index is 0.458. The van der Waals surface area contributed by atoms with Gasteiger partial charge in [0.05, 0.1) is 0 Å². The number of hydrogen-bond acceptors (Lipinski definition) is 3. The van der Waals surface area contributed by atoms with Crippen molar-refractivity contribution in [2.75, 3.05) is 6.54 Å². The number of pyridine rings is 1. The van der Waals surface area contributed by atoms with Crippen LogP contribution in [0, 0.1) is 0 Å². The molecule has 0 unspecified atom stereocenters. The topological polar surface area (TPSA) is 34.1 Å². The number of piperidine rings is 1. The summed E-state index contributed by atoms with van der Waals surface area (Å²) < 4.78 is 5.70. The van der Waals surface area contributed by atoms with E-state index in [2.05, 4.69) is 28.5 Å². The molecule has 2 aromatic rings. The van der Waals surface area contributed by atoms with Gasteiger partial charge in [-0.2, -0.15) is 0 Å². The number of benzene rings is 1. The molecule has 1 aliphatic rings. The van der Waals surface area contributed by atoms with E-state index >= 15 is 0 Å². The first-order chi connectivity index (χ1) is 9.92. The van der Waals surface area contributed by atoms with Crippen LogP contribution in [0.1, 0.15) is 36.4 Å². The van der Waals surface area contributed by atoms with Gasteiger partial charge in [-0.1, -0.05) is 42.8 Å². The normalized spacial score (nSPS) is 18.7. The minimum Gasteiger partial charge on any atom is -0.473 e. The van der Waals surface area contributed by atoms with Crippen LogP contribution in [0.15, 0.2) is 48.7 Å². The Morgan fingerprint density at radius 3 is 2.70 bits per heavy atom. The summed E-state index contributed by atoms with van der Waals surface area (Å²) in [4.78, 5) is 4.41. The molecule has 1 atom stereocenters. The summed E-state index contributed by atoms with van der Waals surface area (Å²) in [6.07, 6.45) is 5.71. The maximum absolute atomic E-state index is 5.70. The van der Waals surface area contributed by atoms with Gasteiger partial charge < -0.3 is 10.1 Å². The molecular weight excluding hydrogens is 248 g/mol. The summed E-state index contributed by atoms with van der Waals surface area (Å²) in [5.74, 6) is 0.688. The Kier molecular flexibility index (Phi) is 4.28. The van der Waals surface area contributed by atoms with Gasteiger partial charge in [0, 0.05) is 18.3 Å². The lowest BCUT2D eigenvalue weighted by Gasteiger charge is -2.23. The van der Waals surface area contributed by atoms with Gasteiger partial charge in [0.1, 0.15) is 6.61 Å². The first-order valence-electron chi connectivity index (χ1n) is 7.28. The van der Waals surface area contributed by atoms with Gasteiger partial charge in [-0.15, -0.1) is 0 Å². The number of nitrogens with zero attached hydrogens (tertiary/aromatic N) is 1. The molecule has 2 heterocycles. The first kappa shape index (κ1) is 13.1. The maximum Gasteiger partial charge on any atom is 0.213 e. The molecule has 1 aromatic carbocycles. The second kappa shape index (κ2) is 6.53. The molecule has 1 fully saturated rings. The lowest BCUT2D eigenvalue weighted by Crippen LogP contribution is -2.26. The molecule has 0 bridgehead atoms. The number of rotatable bonds is 4. The molecular formula is C17H20N2O. The Morgan fingerprint density at radius 2 is 2.00 bits per heavy atom. The summed E-state index contributed by atoms with van der Waals surface area (Å²) in [5.41, 5.74) is 2.42. The van der Waals surface area contributed by atoms with Crippen LogP contribution in [-0.2, 0) is 6.61 Å². The number of aromatic nitrogens is 1. The van der Waals surface area contributed by atoms with Crippen LogP contribution in [0.4, 0.5) is 0 Å². The van der Waals surface area contributed by atoms with Crippen LogP contribution in [0.2, 0.25) is 0 Å². The molecule has 1 aliphatic heterocycles. The zero-order valence-corrected chi connectivity index (χ0v) is 11.6. The van der Waals surface area contributed by atoms with Crippen molar-refractivity contribution in [3.63, 3.8) is 0 Å². The van der Waals surface area contributed by atoms with E-state index in [9.17, 15) is 0 Å². The number of hydrogen-bond donors (Lipinski definition) is 1. The monoisotopic (exact) mass is 268 g/mol. The number of ether oxygens (including phenoxy) is 1. The molecule has 1 saturated heterocycles. The molecule has 3 rings (SSSR count). The van der Waals surface area contributed by atoms with Gasteiger partial charge in [-0.3, -0.25) is 0 Å². The highest BCUT2D eigenvalue weighted by Gasteiger charge is 2.14. The third-order valence-corrected chi connectivity index (χ3v) is 3.70. The zero-order valence-electron chi connectivity index (χ0n) is 11.6. The smallest absolute Gasteiger partial charge is 0.213 e. The van der Waals surface area contributed by atoms with Crippen molar-refractivity contribution in [3.8, 4) is 5.88 Å². The summed E-state index contributed by atoms with van der Waals surface area (Å²) in [7, 11) is 0. The van der Waals surface area contributed by atoms with E-state index in [4.69, 9.17) is 4.74 Å². The van der Waals surface area contributed by atoms with Crippen molar-refractivity contribution >= 4 is 0 Å². The second-order valence-electron chi connectivity index (χ2n) is 5.21. The van der Waals surface area contributed by atoms with Gasteiger partial charge in [0.15, 0.2) is 0 Å². The molecule has 3 heteroatoms. The lowest BCUT2D eigenvalue weighted by atomic mass is 9.99. The summed E-state index contributed by atoms with van der Waals surface area (Å²) in [6.45, 7) is 1.67. The van der Waals surface area contributed by atoms with E-state index in [1.807, 2.05) is 30.5 Å². The van der Waals surface area contributed by atoms with Crippen molar-refractivity contribution < 1.29 is 4.74 Å². The van der Waals surface area contributed by atoms with Gasteiger partial charge in [0.25, 0.3) is 0 Å². The molecule has 0 radical (unpaired) electrons. The van der Waals surface area contributed by atoms with Crippen LogP contribution >= 0.6 is 0 Å². The van der Waals surface area contributed by atoms with Gasteiger partial charge >= 0.3 is 0 Å². The SMILES string of the molecule is c1ccc(COc2ccc([C@H]3CCCCN3)cn2)cc1. The minimum atomic E-state index is 0.458. The molecule has 0 amide bonds. The second-order valence-corrected chi connectivity index (χ2v) is 5.21. The zero-order chi connectivity index (χ0) is 13.6. The third-order valence-electron chi connectivity index (χ3n) is 3.70. The maximum atomic E-state index is 5.70. The predicted molar refractivity (Wildman–Crippen MR) is 79.6 cm³/mol. The van der Waals surface area contributed by atoms with Crippen LogP contribution in [0.5, 0.6) is 5.88 Å². The average molecular weight is 268 g/mol. The van der Waals surface area contributed by atoms with Crippen molar-refractivity contribution in [3.05, 3.63) is 59.8 Å². The molecule has 0 saturated carbocycles. The molecule has 0 aliphatic carbocycles. The molecule has 0 spiro atoms. The summed E-state index contributed by atoms with van der Waals surface area (Å²) in [6, 6.07) is 14.7. The van der Waals surface area contributed by atoms with Gasteiger partial charge in [-0.05, 0) is 30.5 Å². The Bertz CT molecular complexity index is 518. The molecule has 20 heavy (non-hydrogen) atoms. The highest BCUT2D eigenvalue weighted by molar-refractivity contribution is 5.22. The van der Waals surface area contributed by atoms with Crippen molar-refractivity contribution in [1.29, 1.82) is 0 Å². The van der Waals surface area contributed by atoms with E-state index in [0.29, 0.717) is 18.5 Å². The van der Waals surface area contributed by atoms with Crippen LogP contribution in [0.3, 0.4) is 0 Å². The van der Waals surface area contributed by atoms with E-state index in [1.165, 1.54) is 24.8 Å². The Hall–Kier alpha value is -1.87. The number of nitrogens with one attached hydrogen (secondary N) is 1. The Labute approximate surface area is 120 Å². The van der Waals surface area contributed by atoms with Crippen molar-refractivity contribution in [1.82, 2.24) is 10.3 Å². The van der Waals surface area contributed by atoms with Crippen LogP contribution < -0.4 is 10.1 Å². The molecule has 104 valence electrons. The highest BCUT2D eigenvalue weighted by Crippen LogP contribution is 2.23. The van der Waals surface area contributed by atoms with E-state index in [-0.39, 0.29) is 0 Å². The molecule has 1 aromatic heterocycles. The average Bonchev–Trinajstić information content (AvgIpc) is 2.55. The van der Waals surface area contributed by atoms with Gasteiger partial charge in [-0.25, -0.2) is 4.98 Å². The van der Waals surface area contributed by atoms with E-state index < -0.39 is 0 Å². The summed E-state index contributed by atoms with van der Waals surface area (Å²) in [5, 5.41) is 3.53. The first-order valence-corrected chi connectivity index (χ1v) is 7.28. The Balaban J connectivity index is 1.58. The fraction of sp³-hybridized carbons (Fsp3) is 0.353. The van der Waals surface area contributed by atoms with Gasteiger partial charge in [0.2, 0.25) is 5.88 Å². The fourth-order valence-corrected chi connectivity index (χ4v) is 2.55. The highest BCUT2D eigenvalue weighted by atomic mass is 16.5. The van der Waals surface area contributed by atoms with Crippen LogP contribution in [0.25, 0.3) is 0 Å². The molecule has 3 nitrogen and oxygen atoms in total. The quantitative estimate of drug-likeness (QED) is 0.922. The predicted octanol–water partition coefficient (Wildman–Crippen LogP) is 3.48. The van der Waals surface area contributed by atoms with E-state index in [1.54, 1.807) is 0 Å². The van der Waals surface area contributed by atoms with Crippen molar-refractivity contribution in [2.24, 2.45) is 0 Å². The molecule has 1 N–H and O–H groups in total.